The molecule has 0 heterocycles. The van der Waals surface area contributed by atoms with Crippen LogP contribution in [-0.4, -0.2) is 37.6 Å². The van der Waals surface area contributed by atoms with Gasteiger partial charge in [0.2, 0.25) is 11.8 Å². The van der Waals surface area contributed by atoms with E-state index < -0.39 is 6.04 Å². The van der Waals surface area contributed by atoms with Gasteiger partial charge < -0.3 is 15.4 Å². The zero-order valence-corrected chi connectivity index (χ0v) is 14.9. The van der Waals surface area contributed by atoms with Crippen LogP contribution in [0.25, 0.3) is 0 Å². The Hall–Kier alpha value is -1.10. The second-order valence-electron chi connectivity index (χ2n) is 7.57. The zero-order chi connectivity index (χ0) is 17.0. The van der Waals surface area contributed by atoms with Crippen molar-refractivity contribution >= 4 is 11.8 Å². The van der Waals surface area contributed by atoms with Crippen molar-refractivity contribution in [3.8, 4) is 0 Å². The lowest BCUT2D eigenvalue weighted by Crippen LogP contribution is -2.53. The Morgan fingerprint density at radius 3 is 2.22 bits per heavy atom. The fraction of sp³-hybridized carbons (Fsp3) is 0.889. The summed E-state index contributed by atoms with van der Waals surface area (Å²) >= 11 is 0. The Labute approximate surface area is 139 Å². The van der Waals surface area contributed by atoms with Crippen LogP contribution in [0.2, 0.25) is 0 Å². The number of rotatable bonds is 7. The van der Waals surface area contributed by atoms with E-state index in [4.69, 9.17) is 4.74 Å². The molecule has 0 aromatic heterocycles. The first-order valence-corrected chi connectivity index (χ1v) is 9.06. The molecular weight excluding hydrogens is 292 g/mol. The Balaban J connectivity index is 1.88. The molecule has 0 radical (unpaired) electrons. The first-order valence-electron chi connectivity index (χ1n) is 9.06. The van der Waals surface area contributed by atoms with Crippen LogP contribution in [0.4, 0.5) is 0 Å². The summed E-state index contributed by atoms with van der Waals surface area (Å²) in [5, 5.41) is 5.43. The topological polar surface area (TPSA) is 67.4 Å². The standard InChI is InChI=1S/C18H32N2O3/c1-11(2)17(21)20-16(18(22)19-4)12(3)23-10-15-9-13-5-7-14(15)8-6-13/h11-16H,5-10H2,1-4H3,(H,19,22)(H,20,21). The minimum Gasteiger partial charge on any atom is -0.376 e. The molecule has 132 valence electrons. The molecule has 3 aliphatic rings. The Morgan fingerprint density at radius 2 is 1.74 bits per heavy atom. The molecule has 5 nitrogen and oxygen atoms in total. The minimum atomic E-state index is -0.629. The van der Waals surface area contributed by atoms with Crippen molar-refractivity contribution in [1.82, 2.24) is 10.6 Å². The van der Waals surface area contributed by atoms with Gasteiger partial charge in [0.15, 0.2) is 0 Å². The average molecular weight is 324 g/mol. The van der Waals surface area contributed by atoms with E-state index in [1.165, 1.54) is 32.1 Å². The molecule has 3 fully saturated rings. The van der Waals surface area contributed by atoms with Crippen LogP contribution in [0.1, 0.15) is 52.9 Å². The second-order valence-corrected chi connectivity index (χ2v) is 7.57. The van der Waals surface area contributed by atoms with E-state index in [0.29, 0.717) is 12.5 Å². The lowest BCUT2D eigenvalue weighted by atomic mass is 9.65. The van der Waals surface area contributed by atoms with Gasteiger partial charge in [-0.25, -0.2) is 0 Å². The molecule has 2 bridgehead atoms. The quantitative estimate of drug-likeness (QED) is 0.753. The van der Waals surface area contributed by atoms with Crippen LogP contribution in [-0.2, 0) is 14.3 Å². The highest BCUT2D eigenvalue weighted by Crippen LogP contribution is 2.45. The second kappa shape index (κ2) is 8.13. The number of carbonyl (C=O) groups is 2. The van der Waals surface area contributed by atoms with E-state index in [1.807, 2.05) is 20.8 Å². The number of likely N-dealkylation sites (N-methyl/N-ethyl adjacent to an activating group) is 1. The smallest absolute Gasteiger partial charge is 0.245 e. The summed E-state index contributed by atoms with van der Waals surface area (Å²) in [4.78, 5) is 24.0. The molecule has 0 aromatic rings. The number of ether oxygens (including phenoxy) is 1. The Bertz CT molecular complexity index is 416. The van der Waals surface area contributed by atoms with Crippen molar-refractivity contribution in [2.75, 3.05) is 13.7 Å². The van der Waals surface area contributed by atoms with Gasteiger partial charge in [-0.2, -0.15) is 0 Å². The van der Waals surface area contributed by atoms with Crippen LogP contribution < -0.4 is 10.6 Å². The third kappa shape index (κ3) is 4.69. The molecule has 5 heteroatoms. The Morgan fingerprint density at radius 1 is 1.09 bits per heavy atom. The van der Waals surface area contributed by atoms with E-state index in [9.17, 15) is 9.59 Å². The van der Waals surface area contributed by atoms with Gasteiger partial charge >= 0.3 is 0 Å². The van der Waals surface area contributed by atoms with Crippen molar-refractivity contribution in [2.45, 2.75) is 65.0 Å². The van der Waals surface area contributed by atoms with E-state index in [-0.39, 0.29) is 23.8 Å². The lowest BCUT2D eigenvalue weighted by molar-refractivity contribution is -0.134. The largest absolute Gasteiger partial charge is 0.376 e. The third-order valence-electron chi connectivity index (χ3n) is 5.59. The fourth-order valence-corrected chi connectivity index (χ4v) is 3.96. The third-order valence-corrected chi connectivity index (χ3v) is 5.59. The highest BCUT2D eigenvalue weighted by molar-refractivity contribution is 5.88. The molecule has 3 atom stereocenters. The van der Waals surface area contributed by atoms with Gasteiger partial charge in [0.05, 0.1) is 12.7 Å². The van der Waals surface area contributed by atoms with Crippen LogP contribution >= 0.6 is 0 Å². The molecule has 3 aliphatic carbocycles. The van der Waals surface area contributed by atoms with Crippen molar-refractivity contribution in [3.05, 3.63) is 0 Å². The minimum absolute atomic E-state index is 0.120. The van der Waals surface area contributed by atoms with Gasteiger partial charge in [-0.05, 0) is 43.9 Å². The molecule has 0 aliphatic heterocycles. The summed E-state index contributed by atoms with van der Waals surface area (Å²) in [5.74, 6) is 1.82. The summed E-state index contributed by atoms with van der Waals surface area (Å²) < 4.78 is 6.02. The number of fused-ring (bicyclic) bond motifs is 3. The summed E-state index contributed by atoms with van der Waals surface area (Å²) in [6.45, 7) is 6.22. The zero-order valence-electron chi connectivity index (χ0n) is 14.9. The van der Waals surface area contributed by atoms with Crippen molar-refractivity contribution < 1.29 is 14.3 Å². The monoisotopic (exact) mass is 324 g/mol. The van der Waals surface area contributed by atoms with E-state index in [2.05, 4.69) is 10.6 Å². The maximum atomic E-state index is 12.1. The average Bonchev–Trinajstić information content (AvgIpc) is 2.57. The van der Waals surface area contributed by atoms with E-state index >= 15 is 0 Å². The number of hydrogen-bond acceptors (Lipinski definition) is 3. The molecule has 0 aromatic carbocycles. The maximum Gasteiger partial charge on any atom is 0.245 e. The van der Waals surface area contributed by atoms with E-state index in [1.54, 1.807) is 7.05 Å². The van der Waals surface area contributed by atoms with Crippen LogP contribution in [0.5, 0.6) is 0 Å². The molecule has 3 rings (SSSR count). The van der Waals surface area contributed by atoms with Gasteiger partial charge in [-0.15, -0.1) is 0 Å². The van der Waals surface area contributed by atoms with Gasteiger partial charge in [-0.1, -0.05) is 26.7 Å². The van der Waals surface area contributed by atoms with Crippen molar-refractivity contribution in [1.29, 1.82) is 0 Å². The summed E-state index contributed by atoms with van der Waals surface area (Å²) in [7, 11) is 1.59. The number of nitrogens with one attached hydrogen (secondary N) is 2. The molecule has 23 heavy (non-hydrogen) atoms. The molecule has 2 amide bonds. The highest BCUT2D eigenvalue weighted by Gasteiger charge is 2.36. The van der Waals surface area contributed by atoms with Crippen LogP contribution in [0, 0.1) is 23.7 Å². The fourth-order valence-electron chi connectivity index (χ4n) is 3.96. The Kier molecular flexibility index (Phi) is 6.45. The molecule has 0 spiro atoms. The SMILES string of the molecule is CNC(=O)C(NC(=O)C(C)C)C(C)OCC1CC2CCC1CC2. The molecule has 3 unspecified atom stereocenters. The van der Waals surface area contributed by atoms with Crippen molar-refractivity contribution in [3.63, 3.8) is 0 Å². The predicted octanol–water partition coefficient (Wildman–Crippen LogP) is 2.10. The number of carbonyl (C=O) groups excluding carboxylic acids is 2. The van der Waals surface area contributed by atoms with Gasteiger partial charge in [-0.3, -0.25) is 9.59 Å². The summed E-state index contributed by atoms with van der Waals surface area (Å²) in [6, 6.07) is -0.629. The molecule has 0 saturated heterocycles. The molecule has 3 saturated carbocycles. The molecule has 2 N–H and O–H groups in total. The van der Waals surface area contributed by atoms with Crippen LogP contribution in [0.3, 0.4) is 0 Å². The number of hydrogen-bond donors (Lipinski definition) is 2. The normalized spacial score (nSPS) is 29.2. The van der Waals surface area contributed by atoms with Gasteiger partial charge in [0.1, 0.15) is 6.04 Å². The van der Waals surface area contributed by atoms with Crippen molar-refractivity contribution in [2.24, 2.45) is 23.7 Å². The summed E-state index contributed by atoms with van der Waals surface area (Å²) in [5.41, 5.74) is 0. The van der Waals surface area contributed by atoms with Gasteiger partial charge in [0, 0.05) is 13.0 Å². The first kappa shape index (κ1) is 18.2. The van der Waals surface area contributed by atoms with Crippen LogP contribution in [0.15, 0.2) is 0 Å². The molecular formula is C18H32N2O3. The maximum absolute atomic E-state index is 12.1. The predicted molar refractivity (Wildman–Crippen MR) is 89.8 cm³/mol. The first-order chi connectivity index (χ1) is 10.9. The van der Waals surface area contributed by atoms with E-state index in [0.717, 1.165) is 11.8 Å². The number of amides is 2. The lowest BCUT2D eigenvalue weighted by Gasteiger charge is -2.42. The highest BCUT2D eigenvalue weighted by atomic mass is 16.5. The van der Waals surface area contributed by atoms with Gasteiger partial charge in [0.25, 0.3) is 0 Å². The summed E-state index contributed by atoms with van der Waals surface area (Å²) in [6.07, 6.45) is 6.36.